The predicted octanol–water partition coefficient (Wildman–Crippen LogP) is -5.30. The van der Waals surface area contributed by atoms with Gasteiger partial charge in [-0.2, -0.15) is 4.31 Å². The molecule has 30 heteroatoms. The van der Waals surface area contributed by atoms with Crippen molar-refractivity contribution < 1.29 is 101 Å². The minimum Gasteiger partial charge on any atom is -0.481 e. The lowest BCUT2D eigenvalue weighted by molar-refractivity contribution is -0.261. The molecule has 2 saturated heterocycles. The molecule has 0 aliphatic carbocycles. The smallest absolute Gasteiger partial charge is 0.481 e. The first-order valence-corrected chi connectivity index (χ1v) is 19.8. The van der Waals surface area contributed by atoms with Gasteiger partial charge in [0.2, 0.25) is 17.7 Å². The van der Waals surface area contributed by atoms with Crippen LogP contribution in [0.15, 0.2) is 21.9 Å². The van der Waals surface area contributed by atoms with Crippen molar-refractivity contribution in [2.75, 3.05) is 13.2 Å². The van der Waals surface area contributed by atoms with Crippen LogP contribution in [-0.4, -0.2) is 160 Å². The van der Waals surface area contributed by atoms with E-state index in [1.54, 1.807) is 0 Å². The monoisotopic (exact) mass is 879 g/mol. The number of phosphoric ester groups is 2. The molecule has 3 rings (SSSR count). The van der Waals surface area contributed by atoms with Crippen LogP contribution in [0.25, 0.3) is 0 Å². The van der Waals surface area contributed by atoms with E-state index in [2.05, 4.69) is 24.8 Å². The number of aliphatic carboxylic acids is 2. The third kappa shape index (κ3) is 13.3. The van der Waals surface area contributed by atoms with Crippen molar-refractivity contribution in [3.05, 3.63) is 33.1 Å². The summed E-state index contributed by atoms with van der Waals surface area (Å²) < 4.78 is 56.5. The Balaban J connectivity index is 1.71. The molecule has 12 N–H and O–H groups in total. The molecule has 1 aromatic heterocycles. The Bertz CT molecular complexity index is 1880. The fourth-order valence-corrected chi connectivity index (χ4v) is 7.58. The molecule has 2 aliphatic rings. The van der Waals surface area contributed by atoms with Crippen LogP contribution in [0.3, 0.4) is 0 Å². The number of aliphatic hydroxyl groups is 4. The van der Waals surface area contributed by atoms with E-state index in [0.29, 0.717) is 4.57 Å². The van der Waals surface area contributed by atoms with Crippen LogP contribution < -0.4 is 27.2 Å². The van der Waals surface area contributed by atoms with Gasteiger partial charge in [-0.25, -0.2) is 18.7 Å². The van der Waals surface area contributed by atoms with E-state index in [1.807, 2.05) is 4.98 Å². The zero-order chi connectivity index (χ0) is 43.9. The summed E-state index contributed by atoms with van der Waals surface area (Å²) in [6, 6.07) is -4.07. The first-order chi connectivity index (χ1) is 26.9. The molecule has 0 saturated carbocycles. The third-order valence-electron chi connectivity index (χ3n) is 8.28. The number of rotatable bonds is 20. The Morgan fingerprint density at radius 3 is 2.17 bits per heavy atom. The standard InChI is InChI=1S/C28H43N5O23P2/c1-10(23(42)31-13(26(44)45)4-5-17(37)38)29-24(43)11(2)52-22-18(30-12(3)35)27(54-14(8-34)20(22)40)55-58(49,50)56-57(47,48)51-9-15-19(39)21(41)25(53-15)33-7-6-16(36)32-28(33)46/h6-7,10-11,13-15,18-22,25,27,34,39-41H,4-5,8-9H2,1-3H3,(H,29,43)(H,30,35)(H,31,42)(H,37,38)(H,44,45)(H,47,48)(H,49,50)(H,32,36,46). The summed E-state index contributed by atoms with van der Waals surface area (Å²) in [5, 5.41) is 66.0. The third-order valence-corrected chi connectivity index (χ3v) is 10.9. The van der Waals surface area contributed by atoms with Gasteiger partial charge >= 0.3 is 33.3 Å². The number of carboxylic acids is 2. The molecule has 328 valence electrons. The second kappa shape index (κ2) is 20.3. The molecule has 0 spiro atoms. The highest BCUT2D eigenvalue weighted by molar-refractivity contribution is 7.61. The average molecular weight is 880 g/mol. The summed E-state index contributed by atoms with van der Waals surface area (Å²) in [7, 11) is -11.6. The Labute approximate surface area is 325 Å². The fourth-order valence-electron chi connectivity index (χ4n) is 5.42. The maximum absolute atomic E-state index is 13.0. The molecular formula is C28H43N5O23P2. The molecule has 0 aromatic carbocycles. The molecule has 3 amide bonds. The summed E-state index contributed by atoms with van der Waals surface area (Å²) in [5.41, 5.74) is -1.85. The zero-order valence-electron chi connectivity index (χ0n) is 30.5. The van der Waals surface area contributed by atoms with Gasteiger partial charge < -0.3 is 70.6 Å². The summed E-state index contributed by atoms with van der Waals surface area (Å²) in [4.78, 5) is 106. The minimum absolute atomic E-state index is 0.483. The average Bonchev–Trinajstić information content (AvgIpc) is 3.39. The van der Waals surface area contributed by atoms with E-state index in [0.717, 1.165) is 33.0 Å². The van der Waals surface area contributed by atoms with Crippen LogP contribution in [0.2, 0.25) is 0 Å². The van der Waals surface area contributed by atoms with Gasteiger partial charge in [0, 0.05) is 25.6 Å². The topological polar surface area (TPSA) is 428 Å². The van der Waals surface area contributed by atoms with E-state index in [1.165, 1.54) is 0 Å². The highest BCUT2D eigenvalue weighted by Gasteiger charge is 2.52. The Hall–Kier alpha value is -3.99. The Morgan fingerprint density at radius 1 is 0.948 bits per heavy atom. The normalized spacial score (nSPS) is 29.5. The molecule has 1 aromatic rings. The number of nitrogens with one attached hydrogen (secondary N) is 4. The van der Waals surface area contributed by atoms with Crippen LogP contribution in [0, 0.1) is 0 Å². The summed E-state index contributed by atoms with van der Waals surface area (Å²) >= 11 is 0. The number of carbonyl (C=O) groups is 5. The molecule has 2 aliphatic heterocycles. The number of phosphoric acid groups is 2. The summed E-state index contributed by atoms with van der Waals surface area (Å²) in [6.45, 7) is 0.948. The number of carbonyl (C=O) groups excluding carboxylic acids is 3. The lowest BCUT2D eigenvalue weighted by atomic mass is 9.96. The highest BCUT2D eigenvalue weighted by Crippen LogP contribution is 2.61. The lowest BCUT2D eigenvalue weighted by Crippen LogP contribution is -2.66. The molecule has 0 radical (unpaired) electrons. The van der Waals surface area contributed by atoms with E-state index in [4.69, 9.17) is 23.8 Å². The SMILES string of the molecule is CC(=O)NC1C(OP(=O)(O)OP(=O)(O)OCC2OC(n3ccc(=O)[nH]c3=O)C(O)C2O)OC(CO)C(O)C1OC(C)C(=O)NC(C)C(=O)NC(CCC(=O)O)C(=O)O. The van der Waals surface area contributed by atoms with Crippen molar-refractivity contribution in [3.63, 3.8) is 0 Å². The second-order valence-electron chi connectivity index (χ2n) is 12.7. The fraction of sp³-hybridized carbons (Fsp3) is 0.679. The van der Waals surface area contributed by atoms with E-state index in [-0.39, 0.29) is 0 Å². The largest absolute Gasteiger partial charge is 0.483 e. The van der Waals surface area contributed by atoms with Crippen LogP contribution in [0.4, 0.5) is 0 Å². The van der Waals surface area contributed by atoms with Crippen molar-refractivity contribution in [1.29, 1.82) is 0 Å². The van der Waals surface area contributed by atoms with Gasteiger partial charge in [0.05, 0.1) is 13.2 Å². The molecule has 58 heavy (non-hydrogen) atoms. The minimum atomic E-state index is -5.88. The summed E-state index contributed by atoms with van der Waals surface area (Å²) in [5.74, 6) is -5.94. The molecule has 14 atom stereocenters. The van der Waals surface area contributed by atoms with Gasteiger partial charge in [-0.1, -0.05) is 0 Å². The number of nitrogens with zero attached hydrogens (tertiary/aromatic N) is 1. The number of aliphatic hydroxyl groups excluding tert-OH is 4. The summed E-state index contributed by atoms with van der Waals surface area (Å²) in [6.07, 6.45) is -16.8. The molecular weight excluding hydrogens is 836 g/mol. The van der Waals surface area contributed by atoms with Gasteiger partial charge in [-0.05, 0) is 20.3 Å². The van der Waals surface area contributed by atoms with E-state index >= 15 is 0 Å². The molecule has 14 unspecified atom stereocenters. The van der Waals surface area contributed by atoms with Gasteiger partial charge in [0.1, 0.15) is 60.9 Å². The zero-order valence-corrected chi connectivity index (χ0v) is 32.2. The Kier molecular flexibility index (Phi) is 16.9. The number of hydrogen-bond acceptors (Lipinski definition) is 19. The van der Waals surface area contributed by atoms with Gasteiger partial charge in [-0.3, -0.25) is 42.6 Å². The number of aromatic nitrogens is 2. The van der Waals surface area contributed by atoms with Gasteiger partial charge in [0.25, 0.3) is 5.56 Å². The number of amides is 3. The van der Waals surface area contributed by atoms with Crippen LogP contribution >= 0.6 is 15.6 Å². The molecule has 2 fully saturated rings. The van der Waals surface area contributed by atoms with E-state index < -0.39 is 156 Å². The first kappa shape index (κ1) is 48.4. The van der Waals surface area contributed by atoms with Crippen molar-refractivity contribution in [2.24, 2.45) is 0 Å². The number of H-pyrrole nitrogens is 1. The van der Waals surface area contributed by atoms with Crippen LogP contribution in [0.5, 0.6) is 0 Å². The van der Waals surface area contributed by atoms with E-state index in [9.17, 15) is 78.0 Å². The highest BCUT2D eigenvalue weighted by atomic mass is 31.3. The van der Waals surface area contributed by atoms with Crippen molar-refractivity contribution in [2.45, 2.75) is 107 Å². The van der Waals surface area contributed by atoms with Crippen LogP contribution in [0.1, 0.15) is 39.8 Å². The maximum atomic E-state index is 13.0. The second-order valence-corrected chi connectivity index (χ2v) is 15.7. The lowest BCUT2D eigenvalue weighted by Gasteiger charge is -2.44. The number of carboxylic acid groups (broad SMARTS) is 2. The Morgan fingerprint density at radius 2 is 1.60 bits per heavy atom. The van der Waals surface area contributed by atoms with Crippen LogP contribution in [-0.2, 0) is 60.7 Å². The maximum Gasteiger partial charge on any atom is 0.483 e. The molecule has 28 nitrogen and oxygen atoms in total. The quantitative estimate of drug-likeness (QED) is 0.0544. The van der Waals surface area contributed by atoms with Crippen molar-refractivity contribution in [3.8, 4) is 0 Å². The van der Waals surface area contributed by atoms with Gasteiger partial charge in [0.15, 0.2) is 12.5 Å². The predicted molar refractivity (Wildman–Crippen MR) is 183 cm³/mol. The number of aromatic amines is 1. The first-order valence-electron chi connectivity index (χ1n) is 16.8. The van der Waals surface area contributed by atoms with Gasteiger partial charge in [-0.15, -0.1) is 0 Å². The van der Waals surface area contributed by atoms with Crippen molar-refractivity contribution in [1.82, 2.24) is 25.5 Å². The molecule has 0 bridgehead atoms. The number of ether oxygens (including phenoxy) is 3. The van der Waals surface area contributed by atoms with Crippen molar-refractivity contribution >= 4 is 45.3 Å². The molecule has 3 heterocycles. The number of hydrogen-bond donors (Lipinski definition) is 12.